The van der Waals surface area contributed by atoms with E-state index in [2.05, 4.69) is 72.8 Å². The molecule has 12 heteroatoms. The average molecular weight is 778 g/mol. The van der Waals surface area contributed by atoms with Crippen LogP contribution in [0.5, 0.6) is 34.5 Å². The van der Waals surface area contributed by atoms with Gasteiger partial charge in [-0.25, -0.2) is 13.5 Å². The topological polar surface area (TPSA) is 92.5 Å². The number of nitrogens with zero attached hydrogens (tertiary/aromatic N) is 3. The molecule has 0 spiro atoms. The van der Waals surface area contributed by atoms with Gasteiger partial charge in [0.15, 0.2) is 0 Å². The van der Waals surface area contributed by atoms with Gasteiger partial charge in [-0.1, -0.05) is 0 Å². The van der Waals surface area contributed by atoms with Crippen molar-refractivity contribution < 1.29 is 28.4 Å². The molecule has 0 N–H and O–H groups in total. The molecule has 0 bridgehead atoms. The first kappa shape index (κ1) is 37.1. The average Bonchev–Trinajstić information content (AvgIpc) is 3.26. The van der Waals surface area contributed by atoms with E-state index in [-0.39, 0.29) is 0 Å². The summed E-state index contributed by atoms with van der Waals surface area (Å²) in [5.74, 6) is 4.45. The van der Waals surface area contributed by atoms with Gasteiger partial charge in [0.05, 0.1) is 42.7 Å². The van der Waals surface area contributed by atoms with Gasteiger partial charge in [-0.15, -0.1) is 0 Å². The highest BCUT2D eigenvalue weighted by atomic mass is 31.3. The van der Waals surface area contributed by atoms with E-state index in [0.717, 1.165) is 66.3 Å². The van der Waals surface area contributed by atoms with E-state index in [1.165, 1.54) is 0 Å². The summed E-state index contributed by atoms with van der Waals surface area (Å²) in [5, 5.41) is 5.84. The Morgan fingerprint density at radius 1 is 0.241 bits per heavy atom. The zero-order valence-corrected chi connectivity index (χ0v) is 33.7. The van der Waals surface area contributed by atoms with Crippen molar-refractivity contribution >= 4 is 53.4 Å². The fourth-order valence-electron chi connectivity index (χ4n) is 6.42. The van der Waals surface area contributed by atoms with Crippen molar-refractivity contribution in [2.24, 2.45) is 13.5 Å². The molecule has 1 aliphatic rings. The molecule has 0 atom stereocenters. The van der Waals surface area contributed by atoms with Gasteiger partial charge >= 0.3 is 0 Å². The summed E-state index contributed by atoms with van der Waals surface area (Å²) < 4.78 is 52.4. The van der Waals surface area contributed by atoms with Crippen LogP contribution in [0.2, 0.25) is 0 Å². The number of ether oxygens (including phenoxy) is 6. The van der Waals surface area contributed by atoms with Crippen LogP contribution >= 0.6 is 21.6 Å². The Bertz CT molecular complexity index is 1950. The van der Waals surface area contributed by atoms with Crippen molar-refractivity contribution in [3.63, 3.8) is 0 Å². The fourth-order valence-corrected chi connectivity index (χ4v) is 21.6. The SMILES string of the molecule is COc1ccc(P2(c3ccc(OC)cc3)=NP(c3ccc(OC)cc3)(c3ccc(OC)cc3)=NP(c3ccc(OC)cc3)(c3ccc(OC)cc3)=N2)cc1. The van der Waals surface area contributed by atoms with Crippen LogP contribution in [-0.2, 0) is 0 Å². The Hall–Kier alpha value is -5.19. The fraction of sp³-hybridized carbons (Fsp3) is 0.143. The standard InChI is InChI=1S/C42H42N3O6P3/c1-46-31-7-19-37(20-8-31)52(38-21-9-32(47-2)10-22-38)43-53(39-23-11-33(48-3)12-24-39,40-25-13-34(49-4)14-26-40)45-54(44-52,41-27-15-35(50-5)16-28-41)42-29-17-36(51-6)18-30-42/h7-30H,1-6H3. The maximum Gasteiger partial charge on any atom is 0.138 e. The van der Waals surface area contributed by atoms with Crippen LogP contribution in [0.3, 0.4) is 0 Å². The second-order valence-electron chi connectivity index (χ2n) is 12.3. The number of hydrogen-bond acceptors (Lipinski definition) is 9. The molecule has 0 unspecified atom stereocenters. The van der Waals surface area contributed by atoms with Gasteiger partial charge in [0.25, 0.3) is 0 Å². The Morgan fingerprint density at radius 2 is 0.370 bits per heavy atom. The van der Waals surface area contributed by atoms with Gasteiger partial charge < -0.3 is 28.4 Å². The summed E-state index contributed by atoms with van der Waals surface area (Å²) >= 11 is 0. The zero-order chi connectivity index (χ0) is 37.8. The van der Waals surface area contributed by atoms with Crippen molar-refractivity contribution in [1.82, 2.24) is 0 Å². The van der Waals surface area contributed by atoms with Crippen molar-refractivity contribution in [3.8, 4) is 34.5 Å². The first-order chi connectivity index (χ1) is 26.3. The van der Waals surface area contributed by atoms with E-state index in [1.807, 2.05) is 72.8 Å². The molecule has 0 saturated carbocycles. The molecule has 0 amide bonds. The number of methoxy groups -OCH3 is 6. The first-order valence-corrected chi connectivity index (χ1v) is 22.2. The minimum Gasteiger partial charge on any atom is -0.497 e. The summed E-state index contributed by atoms with van der Waals surface area (Å²) in [6, 6.07) is 49.0. The lowest BCUT2D eigenvalue weighted by Crippen LogP contribution is -2.25. The van der Waals surface area contributed by atoms with Crippen LogP contribution in [0.1, 0.15) is 0 Å². The molecule has 0 aromatic heterocycles. The first-order valence-electron chi connectivity index (χ1n) is 17.1. The minimum absolute atomic E-state index is 0.742. The van der Waals surface area contributed by atoms with E-state index in [4.69, 9.17) is 42.0 Å². The summed E-state index contributed by atoms with van der Waals surface area (Å²) in [7, 11) is 0.682. The molecule has 6 aromatic rings. The highest BCUT2D eigenvalue weighted by molar-refractivity contribution is 8.00. The Morgan fingerprint density at radius 3 is 0.481 bits per heavy atom. The number of hydrogen-bond donors (Lipinski definition) is 0. The Balaban J connectivity index is 1.76. The minimum atomic E-state index is -3.12. The molecular weight excluding hydrogens is 735 g/mol. The van der Waals surface area contributed by atoms with E-state index < -0.39 is 21.6 Å². The number of benzene rings is 6. The van der Waals surface area contributed by atoms with Gasteiger partial charge in [-0.2, -0.15) is 0 Å². The number of rotatable bonds is 12. The third-order valence-electron chi connectivity index (χ3n) is 9.37. The van der Waals surface area contributed by atoms with Gasteiger partial charge in [0, 0.05) is 31.8 Å². The van der Waals surface area contributed by atoms with Crippen molar-refractivity contribution in [2.45, 2.75) is 0 Å². The molecule has 54 heavy (non-hydrogen) atoms. The molecule has 7 rings (SSSR count). The summed E-state index contributed by atoms with van der Waals surface area (Å²) in [4.78, 5) is 0. The van der Waals surface area contributed by atoms with E-state index in [9.17, 15) is 0 Å². The summed E-state index contributed by atoms with van der Waals surface area (Å²) in [6.45, 7) is 0. The quantitative estimate of drug-likeness (QED) is 0.116. The predicted octanol–water partition coefficient (Wildman–Crippen LogP) is 8.35. The summed E-state index contributed by atoms with van der Waals surface area (Å²) in [5.41, 5.74) is 0. The van der Waals surface area contributed by atoms with Crippen LogP contribution < -0.4 is 60.2 Å². The molecule has 1 aliphatic heterocycles. The van der Waals surface area contributed by atoms with Crippen molar-refractivity contribution in [2.75, 3.05) is 42.7 Å². The van der Waals surface area contributed by atoms with Crippen LogP contribution in [0.15, 0.2) is 159 Å². The molecule has 6 aromatic carbocycles. The summed E-state index contributed by atoms with van der Waals surface area (Å²) in [6.07, 6.45) is 0. The molecule has 0 saturated heterocycles. The molecular formula is C42H42N3O6P3. The Kier molecular flexibility index (Phi) is 10.8. The van der Waals surface area contributed by atoms with Crippen molar-refractivity contribution in [3.05, 3.63) is 146 Å². The van der Waals surface area contributed by atoms with Gasteiger partial charge in [-0.3, -0.25) is 0 Å². The van der Waals surface area contributed by atoms with E-state index in [0.29, 0.717) is 0 Å². The second kappa shape index (κ2) is 15.7. The molecule has 0 radical (unpaired) electrons. The lowest BCUT2D eigenvalue weighted by molar-refractivity contribution is 0.415. The Labute approximate surface area is 317 Å². The molecule has 276 valence electrons. The van der Waals surface area contributed by atoms with Crippen LogP contribution in [0, 0.1) is 0 Å². The lowest BCUT2D eigenvalue weighted by atomic mass is 10.3. The molecule has 9 nitrogen and oxygen atoms in total. The van der Waals surface area contributed by atoms with Gasteiger partial charge in [0.2, 0.25) is 0 Å². The highest BCUT2D eigenvalue weighted by Crippen LogP contribution is 2.76. The monoisotopic (exact) mass is 777 g/mol. The van der Waals surface area contributed by atoms with Crippen LogP contribution in [0.4, 0.5) is 0 Å². The van der Waals surface area contributed by atoms with Crippen LogP contribution in [0.25, 0.3) is 0 Å². The zero-order valence-electron chi connectivity index (χ0n) is 31.0. The van der Waals surface area contributed by atoms with E-state index >= 15 is 0 Å². The molecule has 1 heterocycles. The molecule has 0 fully saturated rings. The van der Waals surface area contributed by atoms with Crippen molar-refractivity contribution in [1.29, 1.82) is 0 Å². The largest absolute Gasteiger partial charge is 0.497 e. The van der Waals surface area contributed by atoms with E-state index in [1.54, 1.807) is 42.7 Å². The maximum atomic E-state index is 6.17. The lowest BCUT2D eigenvalue weighted by Gasteiger charge is -2.38. The highest BCUT2D eigenvalue weighted by Gasteiger charge is 2.42. The van der Waals surface area contributed by atoms with Crippen LogP contribution in [-0.4, -0.2) is 42.7 Å². The predicted molar refractivity (Wildman–Crippen MR) is 224 cm³/mol. The maximum absolute atomic E-state index is 6.17. The second-order valence-corrected chi connectivity index (χ2v) is 21.1. The molecule has 0 aliphatic carbocycles. The van der Waals surface area contributed by atoms with Gasteiger partial charge in [-0.05, 0) is 146 Å². The normalized spacial score (nSPS) is 15.0. The van der Waals surface area contributed by atoms with Gasteiger partial charge in [0.1, 0.15) is 56.1 Å². The third-order valence-corrected chi connectivity index (χ3v) is 21.7. The third kappa shape index (κ3) is 6.73. The smallest absolute Gasteiger partial charge is 0.138 e.